The van der Waals surface area contributed by atoms with Crippen LogP contribution >= 0.6 is 0 Å². The van der Waals surface area contributed by atoms with Crippen LogP contribution in [0, 0.1) is 6.92 Å². The third-order valence-corrected chi connectivity index (χ3v) is 4.72. The zero-order chi connectivity index (χ0) is 13.9. The van der Waals surface area contributed by atoms with E-state index in [9.17, 15) is 8.42 Å². The Kier molecular flexibility index (Phi) is 4.89. The van der Waals surface area contributed by atoms with Crippen LogP contribution in [0.15, 0.2) is 6.20 Å². The molecule has 0 saturated carbocycles. The highest BCUT2D eigenvalue weighted by Gasteiger charge is 2.15. The first kappa shape index (κ1) is 15.1. The fraction of sp³-hybridized carbons (Fsp3) is 0.727. The highest BCUT2D eigenvalue weighted by atomic mass is 32.2. The number of aryl methyl sites for hydroxylation is 2. The summed E-state index contributed by atoms with van der Waals surface area (Å²) in [5, 5.41) is 7.47. The van der Waals surface area contributed by atoms with E-state index in [-0.39, 0.29) is 11.8 Å². The Bertz CT molecular complexity index is 493. The SMILES string of the molecule is Cc1nn(C)cc1C(C)NCCS(=O)(=O)N(C)C. The summed E-state index contributed by atoms with van der Waals surface area (Å²) in [7, 11) is 1.84. The minimum atomic E-state index is -3.13. The highest BCUT2D eigenvalue weighted by molar-refractivity contribution is 7.89. The van der Waals surface area contributed by atoms with Gasteiger partial charge in [-0.15, -0.1) is 0 Å². The van der Waals surface area contributed by atoms with Crippen molar-refractivity contribution in [3.8, 4) is 0 Å². The van der Waals surface area contributed by atoms with Gasteiger partial charge in [0.15, 0.2) is 0 Å². The van der Waals surface area contributed by atoms with Crippen LogP contribution in [0.3, 0.4) is 0 Å². The maximum Gasteiger partial charge on any atom is 0.214 e. The van der Waals surface area contributed by atoms with Crippen molar-refractivity contribution in [2.75, 3.05) is 26.4 Å². The van der Waals surface area contributed by atoms with E-state index in [0.29, 0.717) is 6.54 Å². The molecule has 1 N–H and O–H groups in total. The fourth-order valence-corrected chi connectivity index (χ4v) is 2.48. The van der Waals surface area contributed by atoms with Crippen molar-refractivity contribution >= 4 is 10.0 Å². The lowest BCUT2D eigenvalue weighted by atomic mass is 10.1. The van der Waals surface area contributed by atoms with E-state index >= 15 is 0 Å². The Hall–Kier alpha value is -0.920. The summed E-state index contributed by atoms with van der Waals surface area (Å²) in [5.41, 5.74) is 2.06. The predicted molar refractivity (Wildman–Crippen MR) is 71.8 cm³/mol. The monoisotopic (exact) mass is 274 g/mol. The van der Waals surface area contributed by atoms with E-state index in [1.165, 1.54) is 4.31 Å². The van der Waals surface area contributed by atoms with Crippen LogP contribution in [-0.4, -0.2) is 48.9 Å². The minimum Gasteiger partial charge on any atom is -0.309 e. The van der Waals surface area contributed by atoms with Gasteiger partial charge in [0.25, 0.3) is 0 Å². The summed E-state index contributed by atoms with van der Waals surface area (Å²) in [6.07, 6.45) is 1.95. The Labute approximate surface area is 109 Å². The molecule has 18 heavy (non-hydrogen) atoms. The van der Waals surface area contributed by atoms with Gasteiger partial charge in [0.2, 0.25) is 10.0 Å². The molecule has 1 rings (SSSR count). The molecule has 0 aliphatic rings. The van der Waals surface area contributed by atoms with Crippen molar-refractivity contribution in [1.82, 2.24) is 19.4 Å². The lowest BCUT2D eigenvalue weighted by molar-refractivity contribution is 0.512. The van der Waals surface area contributed by atoms with Gasteiger partial charge < -0.3 is 5.32 Å². The number of sulfonamides is 1. The maximum atomic E-state index is 11.6. The number of nitrogens with zero attached hydrogens (tertiary/aromatic N) is 3. The van der Waals surface area contributed by atoms with Gasteiger partial charge in [-0.05, 0) is 13.8 Å². The molecule has 0 aromatic carbocycles. The Morgan fingerprint density at radius 2 is 2.11 bits per heavy atom. The summed E-state index contributed by atoms with van der Waals surface area (Å²) in [6, 6.07) is 0.0936. The quantitative estimate of drug-likeness (QED) is 0.808. The topological polar surface area (TPSA) is 67.2 Å². The van der Waals surface area contributed by atoms with Gasteiger partial charge >= 0.3 is 0 Å². The zero-order valence-electron chi connectivity index (χ0n) is 11.6. The molecule has 6 nitrogen and oxygen atoms in total. The number of aromatic nitrogens is 2. The molecule has 0 spiro atoms. The first-order valence-electron chi connectivity index (χ1n) is 5.87. The summed E-state index contributed by atoms with van der Waals surface area (Å²) >= 11 is 0. The second-order valence-electron chi connectivity index (χ2n) is 4.62. The van der Waals surface area contributed by atoms with Gasteiger partial charge in [-0.2, -0.15) is 5.10 Å². The van der Waals surface area contributed by atoms with Crippen molar-refractivity contribution in [3.05, 3.63) is 17.5 Å². The molecule has 1 heterocycles. The third-order valence-electron chi connectivity index (χ3n) is 2.88. The van der Waals surface area contributed by atoms with Crippen molar-refractivity contribution in [1.29, 1.82) is 0 Å². The fourth-order valence-electron chi connectivity index (χ4n) is 1.74. The average molecular weight is 274 g/mol. The lowest BCUT2D eigenvalue weighted by Gasteiger charge is -2.15. The van der Waals surface area contributed by atoms with Crippen LogP contribution in [0.5, 0.6) is 0 Å². The highest BCUT2D eigenvalue weighted by Crippen LogP contribution is 2.15. The second-order valence-corrected chi connectivity index (χ2v) is 6.92. The largest absolute Gasteiger partial charge is 0.309 e. The molecule has 1 unspecified atom stereocenters. The third kappa shape index (κ3) is 3.79. The van der Waals surface area contributed by atoms with Gasteiger partial charge in [-0.3, -0.25) is 4.68 Å². The molecule has 1 atom stereocenters. The van der Waals surface area contributed by atoms with Gasteiger partial charge in [0, 0.05) is 45.5 Å². The zero-order valence-corrected chi connectivity index (χ0v) is 12.5. The van der Waals surface area contributed by atoms with Crippen LogP contribution in [-0.2, 0) is 17.1 Å². The van der Waals surface area contributed by atoms with E-state index in [2.05, 4.69) is 10.4 Å². The lowest BCUT2D eigenvalue weighted by Crippen LogP contribution is -2.32. The van der Waals surface area contributed by atoms with Crippen molar-refractivity contribution < 1.29 is 8.42 Å². The van der Waals surface area contributed by atoms with Crippen molar-refractivity contribution in [2.45, 2.75) is 19.9 Å². The number of hydrogen-bond donors (Lipinski definition) is 1. The van der Waals surface area contributed by atoms with Gasteiger partial charge in [-0.25, -0.2) is 12.7 Å². The summed E-state index contributed by atoms with van der Waals surface area (Å²) < 4.78 is 26.2. The summed E-state index contributed by atoms with van der Waals surface area (Å²) in [4.78, 5) is 0. The van der Waals surface area contributed by atoms with E-state index < -0.39 is 10.0 Å². The van der Waals surface area contributed by atoms with Gasteiger partial charge in [0.1, 0.15) is 0 Å². The molecule has 0 amide bonds. The van der Waals surface area contributed by atoms with E-state index in [1.807, 2.05) is 27.1 Å². The normalized spacial score (nSPS) is 14.1. The van der Waals surface area contributed by atoms with E-state index in [0.717, 1.165) is 11.3 Å². The number of hydrogen-bond acceptors (Lipinski definition) is 4. The van der Waals surface area contributed by atoms with Gasteiger partial charge in [-0.1, -0.05) is 0 Å². The van der Waals surface area contributed by atoms with E-state index in [4.69, 9.17) is 0 Å². The first-order chi connectivity index (χ1) is 8.24. The molecule has 1 aromatic heterocycles. The molecule has 0 aliphatic heterocycles. The van der Waals surface area contributed by atoms with Crippen molar-refractivity contribution in [2.24, 2.45) is 7.05 Å². The average Bonchev–Trinajstić information content (AvgIpc) is 2.57. The Morgan fingerprint density at radius 3 is 2.56 bits per heavy atom. The van der Waals surface area contributed by atoms with Crippen LogP contribution in [0.25, 0.3) is 0 Å². The molecular formula is C11H22N4O2S. The predicted octanol–water partition coefficient (Wildman–Crippen LogP) is 0.271. The molecule has 1 aromatic rings. The first-order valence-corrected chi connectivity index (χ1v) is 7.48. The Morgan fingerprint density at radius 1 is 1.50 bits per heavy atom. The van der Waals surface area contributed by atoms with Crippen LogP contribution in [0.2, 0.25) is 0 Å². The number of nitrogens with one attached hydrogen (secondary N) is 1. The summed E-state index contributed by atoms with van der Waals surface area (Å²) in [5.74, 6) is 0.101. The van der Waals surface area contributed by atoms with Crippen LogP contribution in [0.1, 0.15) is 24.2 Å². The molecular weight excluding hydrogens is 252 g/mol. The summed E-state index contributed by atoms with van der Waals surface area (Å²) in [6.45, 7) is 4.38. The van der Waals surface area contributed by atoms with Crippen LogP contribution in [0.4, 0.5) is 0 Å². The molecule has 0 radical (unpaired) electrons. The van der Waals surface area contributed by atoms with Crippen molar-refractivity contribution in [3.63, 3.8) is 0 Å². The maximum absolute atomic E-state index is 11.6. The minimum absolute atomic E-state index is 0.0936. The molecule has 104 valence electrons. The molecule has 7 heteroatoms. The molecule has 0 aliphatic carbocycles. The Balaban J connectivity index is 2.53. The number of rotatable bonds is 6. The second kappa shape index (κ2) is 5.81. The molecule has 0 bridgehead atoms. The standard InChI is InChI=1S/C11H22N4O2S/c1-9(11-8-15(5)13-10(11)2)12-6-7-18(16,17)14(3)4/h8-9,12H,6-7H2,1-5H3. The molecule has 0 fully saturated rings. The van der Waals surface area contributed by atoms with Crippen LogP contribution < -0.4 is 5.32 Å². The smallest absolute Gasteiger partial charge is 0.214 e. The van der Waals surface area contributed by atoms with Gasteiger partial charge in [0.05, 0.1) is 11.4 Å². The molecule has 0 saturated heterocycles. The van der Waals surface area contributed by atoms with E-state index in [1.54, 1.807) is 18.8 Å².